The fourth-order valence-electron chi connectivity index (χ4n) is 5.32. The van der Waals surface area contributed by atoms with Crippen molar-refractivity contribution in [3.63, 3.8) is 0 Å². The zero-order valence-corrected chi connectivity index (χ0v) is 17.1. The Morgan fingerprint density at radius 2 is 1.75 bits per heavy atom. The van der Waals surface area contributed by atoms with E-state index < -0.39 is 11.2 Å². The fourth-order valence-corrected chi connectivity index (χ4v) is 5.32. The van der Waals surface area contributed by atoms with Crippen molar-refractivity contribution in [2.75, 3.05) is 6.61 Å². The number of nitrogens with zero attached hydrogens (tertiary/aromatic N) is 1. The Morgan fingerprint density at radius 1 is 1.11 bits per heavy atom. The molecule has 3 rings (SSSR count). The van der Waals surface area contributed by atoms with Crippen LogP contribution in [0.15, 0.2) is 18.2 Å². The van der Waals surface area contributed by atoms with Gasteiger partial charge >= 0.3 is 5.97 Å². The van der Waals surface area contributed by atoms with Crippen molar-refractivity contribution in [3.8, 4) is 6.07 Å². The largest absolute Gasteiger partial charge is 0.464 e. The molecular weight excluding hydrogens is 353 g/mol. The maximum atomic E-state index is 14.3. The molecule has 0 radical (unpaired) electrons. The second kappa shape index (κ2) is 9.07. The molecule has 4 heteroatoms. The van der Waals surface area contributed by atoms with Gasteiger partial charge in [-0.15, -0.1) is 0 Å². The summed E-state index contributed by atoms with van der Waals surface area (Å²) in [6, 6.07) is 6.49. The Balaban J connectivity index is 1.82. The molecule has 1 aromatic carbocycles. The molecule has 0 amide bonds. The van der Waals surface area contributed by atoms with Gasteiger partial charge in [-0.1, -0.05) is 57.9 Å². The van der Waals surface area contributed by atoms with Crippen LogP contribution in [0, 0.1) is 22.6 Å². The summed E-state index contributed by atoms with van der Waals surface area (Å²) in [5, 5.41) is 9.02. The fraction of sp³-hybridized carbons (Fsp3) is 0.667. The van der Waals surface area contributed by atoms with Crippen molar-refractivity contribution >= 4 is 5.97 Å². The summed E-state index contributed by atoms with van der Waals surface area (Å²) < 4.78 is 20.3. The van der Waals surface area contributed by atoms with E-state index in [-0.39, 0.29) is 16.9 Å². The first-order chi connectivity index (χ1) is 13.6. The van der Waals surface area contributed by atoms with Crippen LogP contribution >= 0.6 is 0 Å². The quantitative estimate of drug-likeness (QED) is 0.548. The summed E-state index contributed by atoms with van der Waals surface area (Å²) >= 11 is 0. The van der Waals surface area contributed by atoms with E-state index >= 15 is 0 Å². The monoisotopic (exact) mass is 385 g/mol. The number of halogens is 1. The zero-order chi connectivity index (χ0) is 20.0. The molecule has 0 atom stereocenters. The predicted molar refractivity (Wildman–Crippen MR) is 107 cm³/mol. The van der Waals surface area contributed by atoms with Crippen molar-refractivity contribution in [3.05, 3.63) is 35.1 Å². The average molecular weight is 386 g/mol. The molecular formula is C24H32FNO2. The number of carbonyl (C=O) groups excluding carboxylic acids is 1. The maximum Gasteiger partial charge on any atom is 0.316 e. The van der Waals surface area contributed by atoms with Gasteiger partial charge in [0, 0.05) is 5.41 Å². The van der Waals surface area contributed by atoms with Gasteiger partial charge in [0.2, 0.25) is 0 Å². The predicted octanol–water partition coefficient (Wildman–Crippen LogP) is 6.19. The second-order valence-corrected chi connectivity index (χ2v) is 8.84. The Morgan fingerprint density at radius 3 is 2.32 bits per heavy atom. The number of hydrogen-bond donors (Lipinski definition) is 0. The van der Waals surface area contributed by atoms with Crippen LogP contribution in [0.25, 0.3) is 0 Å². The first-order valence-electron chi connectivity index (χ1n) is 10.9. The molecule has 3 nitrogen and oxygen atoms in total. The van der Waals surface area contributed by atoms with Gasteiger partial charge in [-0.25, -0.2) is 4.39 Å². The zero-order valence-electron chi connectivity index (χ0n) is 17.1. The molecule has 2 aliphatic carbocycles. The van der Waals surface area contributed by atoms with Crippen LogP contribution in [-0.4, -0.2) is 12.6 Å². The summed E-state index contributed by atoms with van der Waals surface area (Å²) in [6.45, 7) is 2.68. The highest BCUT2D eigenvalue weighted by Crippen LogP contribution is 2.44. The van der Waals surface area contributed by atoms with Crippen LogP contribution in [0.2, 0.25) is 0 Å². The van der Waals surface area contributed by atoms with Gasteiger partial charge in [0.15, 0.2) is 0 Å². The molecule has 0 unspecified atom stereocenters. The Hall–Kier alpha value is -1.89. The molecule has 0 bridgehead atoms. The van der Waals surface area contributed by atoms with Crippen LogP contribution in [0.5, 0.6) is 0 Å². The molecule has 2 aliphatic rings. The molecule has 2 saturated carbocycles. The lowest BCUT2D eigenvalue weighted by atomic mass is 9.69. The van der Waals surface area contributed by atoms with E-state index in [2.05, 4.69) is 6.92 Å². The second-order valence-electron chi connectivity index (χ2n) is 8.84. The van der Waals surface area contributed by atoms with Crippen molar-refractivity contribution < 1.29 is 13.9 Å². The van der Waals surface area contributed by atoms with Gasteiger partial charge < -0.3 is 4.74 Å². The van der Waals surface area contributed by atoms with Crippen molar-refractivity contribution in [1.82, 2.24) is 0 Å². The van der Waals surface area contributed by atoms with E-state index in [4.69, 9.17) is 10.00 Å². The Labute approximate surface area is 168 Å². The minimum Gasteiger partial charge on any atom is -0.464 e. The van der Waals surface area contributed by atoms with Gasteiger partial charge in [0.05, 0.1) is 17.6 Å². The molecule has 0 saturated heterocycles. The molecule has 2 fully saturated rings. The number of ether oxygens (including phenoxy) is 1. The molecule has 28 heavy (non-hydrogen) atoms. The Bertz CT molecular complexity index is 719. The Kier molecular flexibility index (Phi) is 6.75. The number of carbonyl (C=O) groups is 1. The van der Waals surface area contributed by atoms with Crippen molar-refractivity contribution in [2.24, 2.45) is 5.41 Å². The van der Waals surface area contributed by atoms with Gasteiger partial charge in [-0.3, -0.25) is 4.79 Å². The first kappa shape index (κ1) is 20.8. The van der Waals surface area contributed by atoms with Crippen LogP contribution < -0.4 is 0 Å². The van der Waals surface area contributed by atoms with Gasteiger partial charge in [0.1, 0.15) is 11.9 Å². The summed E-state index contributed by atoms with van der Waals surface area (Å²) in [4.78, 5) is 13.4. The third kappa shape index (κ3) is 4.24. The lowest BCUT2D eigenvalue weighted by molar-refractivity contribution is -0.157. The number of hydrogen-bond acceptors (Lipinski definition) is 3. The lowest BCUT2D eigenvalue weighted by Crippen LogP contribution is -2.42. The normalized spacial score (nSPS) is 20.9. The highest BCUT2D eigenvalue weighted by atomic mass is 19.1. The summed E-state index contributed by atoms with van der Waals surface area (Å²) in [5.41, 5.74) is 0.0397. The summed E-state index contributed by atoms with van der Waals surface area (Å²) in [6.07, 6.45) is 12.5. The van der Waals surface area contributed by atoms with Crippen molar-refractivity contribution in [2.45, 2.75) is 89.4 Å². The number of esters is 1. The molecule has 0 heterocycles. The van der Waals surface area contributed by atoms with E-state index in [9.17, 15) is 9.18 Å². The van der Waals surface area contributed by atoms with E-state index in [1.807, 2.05) is 6.07 Å². The summed E-state index contributed by atoms with van der Waals surface area (Å²) in [7, 11) is 0. The van der Waals surface area contributed by atoms with E-state index in [1.165, 1.54) is 31.4 Å². The average Bonchev–Trinajstić information content (AvgIpc) is 2.73. The van der Waals surface area contributed by atoms with Gasteiger partial charge in [0.25, 0.3) is 0 Å². The van der Waals surface area contributed by atoms with Crippen LogP contribution in [-0.2, 0) is 14.9 Å². The molecule has 0 aromatic heterocycles. The molecule has 1 aromatic rings. The smallest absolute Gasteiger partial charge is 0.316 e. The molecule has 152 valence electrons. The van der Waals surface area contributed by atoms with Crippen LogP contribution in [0.1, 0.15) is 95.1 Å². The van der Waals surface area contributed by atoms with Crippen LogP contribution in [0.3, 0.4) is 0 Å². The van der Waals surface area contributed by atoms with E-state index in [1.54, 1.807) is 6.07 Å². The SMILES string of the molecule is CCCC1(COC(=O)C2(c3ccc(C#N)c(F)c3)CCCCC2)CCCCC1. The van der Waals surface area contributed by atoms with Crippen LogP contribution in [0.4, 0.5) is 4.39 Å². The molecule has 0 spiro atoms. The van der Waals surface area contributed by atoms with Gasteiger partial charge in [-0.05, 0) is 49.8 Å². The number of rotatable bonds is 6. The molecule has 0 aliphatic heterocycles. The highest BCUT2D eigenvalue weighted by Gasteiger charge is 2.44. The third-order valence-electron chi connectivity index (χ3n) is 6.94. The van der Waals surface area contributed by atoms with Crippen molar-refractivity contribution in [1.29, 1.82) is 5.26 Å². The maximum absolute atomic E-state index is 14.3. The van der Waals surface area contributed by atoms with E-state index in [0.717, 1.165) is 44.9 Å². The molecule has 0 N–H and O–H groups in total. The highest BCUT2D eigenvalue weighted by molar-refractivity contribution is 5.83. The standard InChI is InChI=1S/C24H32FNO2/c1-2-11-23(12-5-3-6-13-23)18-28-22(27)24(14-7-4-8-15-24)20-10-9-19(17-26)21(25)16-20/h9-10,16H,2-8,11-15,18H2,1H3. The minimum absolute atomic E-state index is 0.0205. The number of nitriles is 1. The topological polar surface area (TPSA) is 50.1 Å². The van der Waals surface area contributed by atoms with E-state index in [0.29, 0.717) is 25.0 Å². The third-order valence-corrected chi connectivity index (χ3v) is 6.94. The first-order valence-corrected chi connectivity index (χ1v) is 10.9. The lowest BCUT2D eigenvalue weighted by Gasteiger charge is -2.40. The minimum atomic E-state index is -0.769. The van der Waals surface area contributed by atoms with Gasteiger partial charge in [-0.2, -0.15) is 5.26 Å². The summed E-state index contributed by atoms with van der Waals surface area (Å²) in [5.74, 6) is -0.746. The number of benzene rings is 1.